The van der Waals surface area contributed by atoms with Crippen molar-refractivity contribution in [2.45, 2.75) is 31.0 Å². The molecule has 176 valence electrons. The molecule has 4 rings (SSSR count). The Morgan fingerprint density at radius 2 is 1.47 bits per heavy atom. The average molecular weight is 588 g/mol. The van der Waals surface area contributed by atoms with Crippen LogP contribution in [0.4, 0.5) is 0 Å². The summed E-state index contributed by atoms with van der Waals surface area (Å²) in [5, 5.41) is 0. The van der Waals surface area contributed by atoms with Gasteiger partial charge in [-0.1, -0.05) is 56.1 Å². The molecule has 0 spiro atoms. The molecular formula is C27H24Br2O5. The van der Waals surface area contributed by atoms with E-state index in [-0.39, 0.29) is 18.5 Å². The molecule has 5 nitrogen and oxygen atoms in total. The van der Waals surface area contributed by atoms with Crippen molar-refractivity contribution in [3.05, 3.63) is 104 Å². The molecule has 1 aliphatic carbocycles. The van der Waals surface area contributed by atoms with Crippen LogP contribution in [0.2, 0.25) is 0 Å². The summed E-state index contributed by atoms with van der Waals surface area (Å²) in [6, 6.07) is 22.0. The summed E-state index contributed by atoms with van der Waals surface area (Å²) in [4.78, 5) is 25.3. The second kappa shape index (κ2) is 10.8. The Kier molecular flexibility index (Phi) is 7.86. The molecule has 0 unspecified atom stereocenters. The van der Waals surface area contributed by atoms with Crippen LogP contribution in [0.1, 0.15) is 50.8 Å². The summed E-state index contributed by atoms with van der Waals surface area (Å²) >= 11 is 6.75. The zero-order valence-corrected chi connectivity index (χ0v) is 21.8. The number of carbonyl (C=O) groups excluding carboxylic acids is 2. The molecule has 0 amide bonds. The summed E-state index contributed by atoms with van der Waals surface area (Å²) in [5.74, 6) is -0.769. The molecular weight excluding hydrogens is 564 g/mol. The first-order chi connectivity index (χ1) is 16.4. The Morgan fingerprint density at radius 3 is 2.09 bits per heavy atom. The van der Waals surface area contributed by atoms with E-state index in [1.165, 1.54) is 0 Å². The van der Waals surface area contributed by atoms with Gasteiger partial charge in [-0.15, -0.1) is 0 Å². The Hall–Kier alpha value is -2.48. The van der Waals surface area contributed by atoms with E-state index in [0.29, 0.717) is 30.4 Å². The number of fused-ring (bicyclic) bond motifs is 1. The molecule has 0 bridgehead atoms. The van der Waals surface area contributed by atoms with E-state index >= 15 is 0 Å². The van der Waals surface area contributed by atoms with Crippen LogP contribution in [0.5, 0.6) is 0 Å². The maximum absolute atomic E-state index is 12.9. The fourth-order valence-corrected chi connectivity index (χ4v) is 4.74. The van der Waals surface area contributed by atoms with E-state index in [4.69, 9.17) is 14.2 Å². The summed E-state index contributed by atoms with van der Waals surface area (Å²) in [7, 11) is 1.65. The highest BCUT2D eigenvalue weighted by Crippen LogP contribution is 2.42. The van der Waals surface area contributed by atoms with Gasteiger partial charge in [0.2, 0.25) is 0 Å². The average Bonchev–Trinajstić information content (AvgIpc) is 2.84. The van der Waals surface area contributed by atoms with Crippen molar-refractivity contribution in [1.82, 2.24) is 0 Å². The molecule has 0 saturated heterocycles. The van der Waals surface area contributed by atoms with E-state index in [9.17, 15) is 9.59 Å². The zero-order valence-electron chi connectivity index (χ0n) is 18.6. The monoisotopic (exact) mass is 586 g/mol. The standard InChI is InChI=1S/C27H24Br2O5/c1-32-27(14-15-33-25(30)18-6-10-21(28)11-7-18)16-20-4-2-3-5-23(20)24(17-27)34-26(31)19-8-12-22(29)13-9-19/h2-13,24H,14-17H2,1H3/t24-,27-/m0/s1. The van der Waals surface area contributed by atoms with Crippen LogP contribution in [0.15, 0.2) is 81.7 Å². The summed E-state index contributed by atoms with van der Waals surface area (Å²) < 4.78 is 19.3. The minimum atomic E-state index is -0.626. The van der Waals surface area contributed by atoms with Gasteiger partial charge >= 0.3 is 11.9 Å². The van der Waals surface area contributed by atoms with Gasteiger partial charge in [-0.05, 0) is 59.7 Å². The maximum atomic E-state index is 12.9. The Bertz CT molecular complexity index is 1160. The van der Waals surface area contributed by atoms with Crippen molar-refractivity contribution >= 4 is 43.8 Å². The van der Waals surface area contributed by atoms with Crippen molar-refractivity contribution in [2.24, 2.45) is 0 Å². The Labute approximate surface area is 215 Å². The molecule has 0 fully saturated rings. The second-order valence-corrected chi connectivity index (χ2v) is 10.1. The number of hydrogen-bond acceptors (Lipinski definition) is 5. The lowest BCUT2D eigenvalue weighted by molar-refractivity contribution is -0.0755. The molecule has 0 radical (unpaired) electrons. The number of halogens is 2. The number of rotatable bonds is 7. The summed E-state index contributed by atoms with van der Waals surface area (Å²) in [6.45, 7) is 0.193. The molecule has 2 atom stereocenters. The second-order valence-electron chi connectivity index (χ2n) is 8.26. The van der Waals surface area contributed by atoms with E-state index in [1.807, 2.05) is 36.4 Å². The normalized spacial score (nSPS) is 19.2. The number of benzene rings is 3. The van der Waals surface area contributed by atoms with Crippen molar-refractivity contribution in [1.29, 1.82) is 0 Å². The lowest BCUT2D eigenvalue weighted by Gasteiger charge is -2.40. The van der Waals surface area contributed by atoms with Gasteiger partial charge in [0.05, 0.1) is 23.3 Å². The topological polar surface area (TPSA) is 61.8 Å². The molecule has 3 aromatic rings. The first-order valence-corrected chi connectivity index (χ1v) is 12.5. The van der Waals surface area contributed by atoms with Crippen molar-refractivity contribution < 1.29 is 23.8 Å². The fourth-order valence-electron chi connectivity index (χ4n) is 4.21. The van der Waals surface area contributed by atoms with Crippen LogP contribution in [-0.4, -0.2) is 31.3 Å². The molecule has 1 aliphatic rings. The molecule has 0 aliphatic heterocycles. The quantitative estimate of drug-likeness (QED) is 0.288. The molecule has 0 N–H and O–H groups in total. The predicted octanol–water partition coefficient (Wildman–Crippen LogP) is 6.69. The summed E-state index contributed by atoms with van der Waals surface area (Å²) in [6.07, 6.45) is 1.12. The van der Waals surface area contributed by atoms with Crippen LogP contribution in [0.3, 0.4) is 0 Å². The number of esters is 2. The lowest BCUT2D eigenvalue weighted by Crippen LogP contribution is -2.42. The van der Waals surface area contributed by atoms with Crippen molar-refractivity contribution in [2.75, 3.05) is 13.7 Å². The van der Waals surface area contributed by atoms with Crippen molar-refractivity contribution in [3.63, 3.8) is 0 Å². The number of ether oxygens (including phenoxy) is 3. The van der Waals surface area contributed by atoms with Gasteiger partial charge in [-0.25, -0.2) is 9.59 Å². The SMILES string of the molecule is CO[C@@]1(CCOC(=O)c2ccc(Br)cc2)Cc2ccccc2[C@@H](OC(=O)c2ccc(Br)cc2)C1. The first-order valence-electron chi connectivity index (χ1n) is 10.9. The third kappa shape index (κ3) is 5.77. The summed E-state index contributed by atoms with van der Waals surface area (Å²) in [5.41, 5.74) is 2.39. The van der Waals surface area contributed by atoms with E-state index in [2.05, 4.69) is 31.9 Å². The van der Waals surface area contributed by atoms with Gasteiger partial charge in [0.15, 0.2) is 0 Å². The number of methoxy groups -OCH3 is 1. The van der Waals surface area contributed by atoms with E-state index < -0.39 is 11.7 Å². The predicted molar refractivity (Wildman–Crippen MR) is 136 cm³/mol. The van der Waals surface area contributed by atoms with Gasteiger partial charge in [-0.3, -0.25) is 0 Å². The molecule has 3 aromatic carbocycles. The Morgan fingerprint density at radius 1 is 0.882 bits per heavy atom. The van der Waals surface area contributed by atoms with Crippen LogP contribution >= 0.6 is 31.9 Å². The fraction of sp³-hybridized carbons (Fsp3) is 0.259. The highest BCUT2D eigenvalue weighted by atomic mass is 79.9. The minimum Gasteiger partial charge on any atom is -0.462 e. The third-order valence-corrected chi connectivity index (χ3v) is 7.16. The molecule has 0 saturated carbocycles. The number of hydrogen-bond donors (Lipinski definition) is 0. The van der Waals surface area contributed by atoms with Gasteiger partial charge in [0.25, 0.3) is 0 Å². The van der Waals surface area contributed by atoms with Crippen LogP contribution in [-0.2, 0) is 20.6 Å². The van der Waals surface area contributed by atoms with Crippen LogP contribution in [0, 0.1) is 0 Å². The maximum Gasteiger partial charge on any atom is 0.338 e. The third-order valence-electron chi connectivity index (χ3n) is 6.10. The van der Waals surface area contributed by atoms with Gasteiger partial charge in [0, 0.05) is 35.3 Å². The van der Waals surface area contributed by atoms with E-state index in [0.717, 1.165) is 20.1 Å². The lowest BCUT2D eigenvalue weighted by atomic mass is 9.77. The molecule has 7 heteroatoms. The molecule has 0 aromatic heterocycles. The zero-order chi connectivity index (χ0) is 24.1. The first kappa shape index (κ1) is 24.6. The van der Waals surface area contributed by atoms with Crippen molar-refractivity contribution in [3.8, 4) is 0 Å². The van der Waals surface area contributed by atoms with Gasteiger partial charge < -0.3 is 14.2 Å². The minimum absolute atomic E-state index is 0.193. The largest absolute Gasteiger partial charge is 0.462 e. The van der Waals surface area contributed by atoms with Gasteiger partial charge in [-0.2, -0.15) is 0 Å². The van der Waals surface area contributed by atoms with Crippen LogP contribution < -0.4 is 0 Å². The number of carbonyl (C=O) groups is 2. The Balaban J connectivity index is 1.48. The van der Waals surface area contributed by atoms with Gasteiger partial charge in [0.1, 0.15) is 6.10 Å². The van der Waals surface area contributed by atoms with E-state index in [1.54, 1.807) is 43.5 Å². The highest BCUT2D eigenvalue weighted by Gasteiger charge is 2.41. The molecule has 0 heterocycles. The molecule has 34 heavy (non-hydrogen) atoms. The smallest absolute Gasteiger partial charge is 0.338 e. The highest BCUT2D eigenvalue weighted by molar-refractivity contribution is 9.10. The van der Waals surface area contributed by atoms with Crippen LogP contribution in [0.25, 0.3) is 0 Å².